The maximum atomic E-state index is 13.5. The molecule has 1 aliphatic rings. The minimum atomic E-state index is -0.683. The maximum Gasteiger partial charge on any atom is 0.328 e. The van der Waals surface area contributed by atoms with E-state index in [1.165, 1.54) is 39.2 Å². The second-order valence-corrected chi connectivity index (χ2v) is 11.5. The van der Waals surface area contributed by atoms with Crippen molar-refractivity contribution in [1.29, 1.82) is 0 Å². The van der Waals surface area contributed by atoms with Crippen molar-refractivity contribution in [3.8, 4) is 11.1 Å². The fourth-order valence-electron chi connectivity index (χ4n) is 5.14. The van der Waals surface area contributed by atoms with Crippen LogP contribution < -0.4 is 5.32 Å². The second-order valence-electron chi connectivity index (χ2n) is 10.5. The molecule has 0 spiro atoms. The summed E-state index contributed by atoms with van der Waals surface area (Å²) < 4.78 is 4.96. The highest BCUT2D eigenvalue weighted by molar-refractivity contribution is 7.98. The van der Waals surface area contributed by atoms with Crippen molar-refractivity contribution >= 4 is 23.6 Å². The summed E-state index contributed by atoms with van der Waals surface area (Å²) in [6.45, 7) is 6.57. The summed E-state index contributed by atoms with van der Waals surface area (Å²) in [6.07, 6.45) is 11.1. The molecule has 7 heteroatoms. The minimum absolute atomic E-state index is 0.271. The monoisotopic (exact) mass is 554 g/mol. The summed E-state index contributed by atoms with van der Waals surface area (Å²) in [5, 5.41) is 5.03. The van der Waals surface area contributed by atoms with Crippen molar-refractivity contribution in [2.24, 2.45) is 5.92 Å². The Kier molecular flexibility index (Phi) is 13.3. The summed E-state index contributed by atoms with van der Waals surface area (Å²) in [5.74, 6) is 0.698. The smallest absolute Gasteiger partial charge is 0.328 e. The minimum Gasteiger partial charge on any atom is -0.467 e. The van der Waals surface area contributed by atoms with Gasteiger partial charge in [0.1, 0.15) is 6.04 Å². The highest BCUT2D eigenvalue weighted by atomic mass is 32.2. The van der Waals surface area contributed by atoms with Crippen molar-refractivity contribution < 1.29 is 19.2 Å². The molecule has 214 valence electrons. The van der Waals surface area contributed by atoms with Crippen LogP contribution in [0.5, 0.6) is 0 Å². The van der Waals surface area contributed by atoms with E-state index in [-0.39, 0.29) is 5.91 Å². The number of nitrogens with one attached hydrogen (secondary N) is 1. The Labute approximate surface area is 239 Å². The first-order chi connectivity index (χ1) is 19.0. The van der Waals surface area contributed by atoms with Gasteiger partial charge < -0.3 is 10.1 Å². The van der Waals surface area contributed by atoms with E-state index in [1.54, 1.807) is 11.8 Å². The van der Waals surface area contributed by atoms with E-state index >= 15 is 0 Å². The third-order valence-electron chi connectivity index (χ3n) is 7.50. The number of methoxy groups -OCH3 is 1. The molecular weight excluding hydrogens is 508 g/mol. The van der Waals surface area contributed by atoms with Gasteiger partial charge in [0.25, 0.3) is 5.91 Å². The van der Waals surface area contributed by atoms with Gasteiger partial charge in [0.2, 0.25) is 0 Å². The molecule has 0 radical (unpaired) electrons. The van der Waals surface area contributed by atoms with Crippen LogP contribution in [0.25, 0.3) is 11.1 Å². The van der Waals surface area contributed by atoms with E-state index in [9.17, 15) is 9.59 Å². The number of nitrogens with zero attached hydrogens (tertiary/aromatic N) is 1. The molecule has 1 fully saturated rings. The predicted octanol–water partition coefficient (Wildman–Crippen LogP) is 6.80. The molecule has 1 atom stereocenters. The van der Waals surface area contributed by atoms with Gasteiger partial charge >= 0.3 is 5.97 Å². The van der Waals surface area contributed by atoms with Crippen LogP contribution in [-0.4, -0.2) is 55.3 Å². The van der Waals surface area contributed by atoms with Gasteiger partial charge in [-0.25, -0.2) is 4.79 Å². The van der Waals surface area contributed by atoms with Gasteiger partial charge in [0.05, 0.1) is 13.7 Å². The lowest BCUT2D eigenvalue weighted by atomic mass is 9.90. The topological polar surface area (TPSA) is 67.9 Å². The highest BCUT2D eigenvalue weighted by Crippen LogP contribution is 2.29. The number of aryl methyl sites for hydroxylation is 1. The van der Waals surface area contributed by atoms with Gasteiger partial charge in [-0.1, -0.05) is 62.9 Å². The number of ether oxygens (including phenoxy) is 1. The lowest BCUT2D eigenvalue weighted by Crippen LogP contribution is -2.42. The van der Waals surface area contributed by atoms with Gasteiger partial charge in [-0.3, -0.25) is 9.63 Å². The summed E-state index contributed by atoms with van der Waals surface area (Å²) in [7, 11) is 1.36. The molecule has 1 saturated carbocycles. The standard InChI is InChI=1S/C32H46N2O4S/c1-5-6-19-34(38-23-25-13-8-7-9-14-25)22-26-16-17-28(29(21-26)27-15-11-10-12-24(27)2)31(35)33-30(18-20-39-4)32(36)37-3/h10-12,15-17,21,25,30H,5-9,13-14,18-20,22-23H2,1-4H3,(H,33,35)/t30-/m0/s1. The molecule has 2 aromatic carbocycles. The molecule has 0 bridgehead atoms. The summed E-state index contributed by atoms with van der Waals surface area (Å²) in [4.78, 5) is 32.3. The third-order valence-corrected chi connectivity index (χ3v) is 8.15. The molecule has 0 aliphatic heterocycles. The van der Waals surface area contributed by atoms with Crippen LogP contribution in [-0.2, 0) is 20.9 Å². The van der Waals surface area contributed by atoms with E-state index in [4.69, 9.17) is 9.57 Å². The molecule has 3 rings (SSSR count). The second kappa shape index (κ2) is 16.7. The molecule has 1 N–H and O–H groups in total. The van der Waals surface area contributed by atoms with Crippen LogP contribution in [0, 0.1) is 12.8 Å². The molecule has 6 nitrogen and oxygen atoms in total. The summed E-state index contributed by atoms with van der Waals surface area (Å²) in [5.41, 5.74) is 4.60. The number of hydrogen-bond donors (Lipinski definition) is 1. The van der Waals surface area contributed by atoms with Gasteiger partial charge in [-0.15, -0.1) is 0 Å². The average molecular weight is 555 g/mol. The number of rotatable bonds is 15. The zero-order valence-corrected chi connectivity index (χ0v) is 25.0. The van der Waals surface area contributed by atoms with Crippen LogP contribution in [0.2, 0.25) is 0 Å². The van der Waals surface area contributed by atoms with Crippen molar-refractivity contribution in [1.82, 2.24) is 10.4 Å². The number of hydroxylamine groups is 2. The molecule has 1 aliphatic carbocycles. The van der Waals surface area contributed by atoms with Crippen molar-refractivity contribution in [2.75, 3.05) is 32.3 Å². The van der Waals surface area contributed by atoms with Gasteiger partial charge in [0.15, 0.2) is 0 Å². The first-order valence-corrected chi connectivity index (χ1v) is 15.8. The highest BCUT2D eigenvalue weighted by Gasteiger charge is 2.24. The number of benzene rings is 2. The lowest BCUT2D eigenvalue weighted by Gasteiger charge is -2.27. The Morgan fingerprint density at radius 3 is 2.56 bits per heavy atom. The lowest BCUT2D eigenvalue weighted by molar-refractivity contribution is -0.179. The number of amides is 1. The average Bonchev–Trinajstić information content (AvgIpc) is 2.96. The Morgan fingerprint density at radius 2 is 1.87 bits per heavy atom. The SMILES string of the molecule is CCCCN(Cc1ccc(C(=O)N[C@@H](CCSC)C(=O)OC)c(-c2ccccc2C)c1)OCC1CCCCC1. The van der Waals surface area contributed by atoms with Crippen molar-refractivity contribution in [3.05, 3.63) is 59.2 Å². The number of carbonyl (C=O) groups is 2. The molecule has 2 aromatic rings. The molecule has 0 aromatic heterocycles. The normalized spacial score (nSPS) is 14.8. The number of unbranched alkanes of at least 4 members (excludes halogenated alkanes) is 1. The van der Waals surface area contributed by atoms with Crippen molar-refractivity contribution in [2.45, 2.75) is 77.8 Å². The maximum absolute atomic E-state index is 13.5. The van der Waals surface area contributed by atoms with E-state index in [1.807, 2.05) is 36.6 Å². The van der Waals surface area contributed by atoms with Gasteiger partial charge in [0, 0.05) is 18.7 Å². The van der Waals surface area contributed by atoms with Crippen LogP contribution in [0.1, 0.15) is 79.8 Å². The quantitative estimate of drug-likeness (QED) is 0.193. The number of carbonyl (C=O) groups excluding carboxylic acids is 2. The Bertz CT molecular complexity index is 1050. The molecule has 0 unspecified atom stereocenters. The van der Waals surface area contributed by atoms with Crippen LogP contribution >= 0.6 is 11.8 Å². The van der Waals surface area contributed by atoms with E-state index in [0.29, 0.717) is 24.4 Å². The van der Waals surface area contributed by atoms with E-state index in [2.05, 4.69) is 36.4 Å². The number of thioether (sulfide) groups is 1. The zero-order chi connectivity index (χ0) is 28.0. The first-order valence-electron chi connectivity index (χ1n) is 14.4. The Hall–Kier alpha value is -2.35. The number of esters is 1. The molecule has 1 amide bonds. The summed E-state index contributed by atoms with van der Waals surface area (Å²) >= 11 is 1.63. The van der Waals surface area contributed by atoms with E-state index < -0.39 is 12.0 Å². The predicted molar refractivity (Wildman–Crippen MR) is 161 cm³/mol. The Balaban J connectivity index is 1.86. The van der Waals surface area contributed by atoms with Crippen LogP contribution in [0.3, 0.4) is 0 Å². The molecule has 0 saturated heterocycles. The fraction of sp³-hybridized carbons (Fsp3) is 0.562. The molecular formula is C32H46N2O4S. The van der Waals surface area contributed by atoms with Gasteiger partial charge in [-0.05, 0) is 84.9 Å². The third kappa shape index (κ3) is 9.66. The Morgan fingerprint density at radius 1 is 1.10 bits per heavy atom. The summed E-state index contributed by atoms with van der Waals surface area (Å²) in [6, 6.07) is 13.4. The van der Waals surface area contributed by atoms with Crippen LogP contribution in [0.15, 0.2) is 42.5 Å². The zero-order valence-electron chi connectivity index (χ0n) is 24.2. The van der Waals surface area contributed by atoms with E-state index in [0.717, 1.165) is 54.0 Å². The largest absolute Gasteiger partial charge is 0.467 e. The molecule has 39 heavy (non-hydrogen) atoms. The van der Waals surface area contributed by atoms with Crippen molar-refractivity contribution in [3.63, 3.8) is 0 Å². The fourth-order valence-corrected chi connectivity index (χ4v) is 5.61. The van der Waals surface area contributed by atoms with Crippen LogP contribution in [0.4, 0.5) is 0 Å². The number of hydrogen-bond acceptors (Lipinski definition) is 6. The van der Waals surface area contributed by atoms with Gasteiger partial charge in [-0.2, -0.15) is 16.8 Å². The first kappa shape index (κ1) is 31.2. The molecule has 0 heterocycles.